The Balaban J connectivity index is 3.31. The Labute approximate surface area is 404 Å². The minimum Gasteiger partial charge on any atom is -0.481 e. The van der Waals surface area contributed by atoms with Gasteiger partial charge in [0, 0.05) is 32.2 Å². The molecule has 390 valence electrons. The number of rotatable bonds is 33. The van der Waals surface area contributed by atoms with Gasteiger partial charge in [-0.15, -0.1) is 0 Å². The first-order valence-corrected chi connectivity index (χ1v) is 22.6. The summed E-state index contributed by atoms with van der Waals surface area (Å²) in [6.07, 6.45) is -3.12. The van der Waals surface area contributed by atoms with E-state index in [4.69, 9.17) is 22.0 Å². The molecule has 1 rings (SSSR count). The average molecular weight is 992 g/mol. The van der Waals surface area contributed by atoms with E-state index in [2.05, 4.69) is 42.5 Å². The number of carbonyl (C=O) groups is 11. The Morgan fingerprint density at radius 1 is 0.543 bits per heavy atom. The maximum absolute atomic E-state index is 14.0. The molecule has 26 nitrogen and oxygen atoms in total. The normalized spacial score (nSPS) is 14.4. The van der Waals surface area contributed by atoms with Gasteiger partial charge in [-0.25, -0.2) is 4.79 Å². The summed E-state index contributed by atoms with van der Waals surface area (Å²) in [5.41, 5.74) is 11.8. The fourth-order valence-corrected chi connectivity index (χ4v) is 6.58. The van der Waals surface area contributed by atoms with E-state index in [1.54, 1.807) is 58.0 Å². The predicted molar refractivity (Wildman–Crippen MR) is 249 cm³/mol. The molecule has 1 aromatic carbocycles. The Morgan fingerprint density at radius 3 is 1.47 bits per heavy atom. The van der Waals surface area contributed by atoms with Crippen molar-refractivity contribution in [2.75, 3.05) is 6.54 Å². The number of nitrogens with one attached hydrogen (secondary N) is 9. The van der Waals surface area contributed by atoms with Gasteiger partial charge in [-0.05, 0) is 62.8 Å². The minimum atomic E-state index is -1.68. The van der Waals surface area contributed by atoms with E-state index in [0.29, 0.717) is 5.56 Å². The second kappa shape index (κ2) is 30.9. The van der Waals surface area contributed by atoms with Crippen LogP contribution in [0.1, 0.15) is 98.0 Å². The zero-order valence-corrected chi connectivity index (χ0v) is 39.9. The minimum absolute atomic E-state index is 0.0497. The largest absolute Gasteiger partial charge is 0.481 e. The van der Waals surface area contributed by atoms with E-state index in [1.807, 2.05) is 0 Å². The summed E-state index contributed by atoms with van der Waals surface area (Å²) < 4.78 is 0. The molecular weight excluding hydrogens is 923 g/mol. The first kappa shape index (κ1) is 60.6. The smallest absolute Gasteiger partial charge is 0.326 e. The van der Waals surface area contributed by atoms with Crippen LogP contribution >= 0.6 is 0 Å². The fraction of sp³-hybridized carbons (Fsp3) is 0.591. The number of nitrogens with two attached hydrogens (primary N) is 2. The van der Waals surface area contributed by atoms with E-state index >= 15 is 0 Å². The third kappa shape index (κ3) is 24.1. The van der Waals surface area contributed by atoms with Crippen molar-refractivity contribution in [2.24, 2.45) is 23.3 Å². The quantitative estimate of drug-likeness (QED) is 0.0199. The van der Waals surface area contributed by atoms with E-state index in [0.717, 1.165) is 0 Å². The van der Waals surface area contributed by atoms with Crippen LogP contribution in [0.5, 0.6) is 0 Å². The van der Waals surface area contributed by atoms with Gasteiger partial charge in [0.2, 0.25) is 41.4 Å². The molecule has 0 unspecified atom stereocenters. The van der Waals surface area contributed by atoms with Gasteiger partial charge in [-0.3, -0.25) is 53.4 Å². The lowest BCUT2D eigenvalue weighted by Crippen LogP contribution is -2.60. The van der Waals surface area contributed by atoms with Gasteiger partial charge in [0.25, 0.3) is 0 Å². The zero-order valence-electron chi connectivity index (χ0n) is 39.9. The molecule has 0 fully saturated rings. The molecular formula is C44H69N11O15. The molecule has 70 heavy (non-hydrogen) atoms. The molecule has 0 aliphatic heterocycles. The molecule has 0 spiro atoms. The number of carboxylic acids is 4. The lowest BCUT2D eigenvalue weighted by atomic mass is 9.99. The molecule has 0 aromatic heterocycles. The van der Waals surface area contributed by atoms with Gasteiger partial charge < -0.3 is 74.4 Å². The standard InChI is InChI=1S/C44H69N11O15/c1-22(2)20-30(41(67)54-31(43(69)70)21-25-10-7-6-8-11-25)53-39(65)27(12-9-19-48-44(46)47)52-42(68)35(23(3)4)55-36(62)24(5)49-38(64)28(14-17-33(58)59)51-40(66)29(15-18-34(60)61)50-37(63)26(45)13-16-32(56)57/h6-8,10-11,22-24,26-31,35H,9,12-21,45H2,1-5H3,(H,49,64)(H,50,63)(H,51,66)(H,52,68)(H,53,65)(H,54,67)(H,55,62)(H,56,57)(H,58,59)(H,60,61)(H,69,70)(H4,46,47,48)/t24-,26-,27-,28-,29-,30-,31-,35-/m0/s1. The second-order valence-electron chi connectivity index (χ2n) is 17.3. The summed E-state index contributed by atoms with van der Waals surface area (Å²) in [5, 5.41) is 64.5. The number of benzene rings is 1. The summed E-state index contributed by atoms with van der Waals surface area (Å²) in [6, 6.07) is -2.95. The molecule has 0 bridgehead atoms. The van der Waals surface area contributed by atoms with Gasteiger partial charge in [-0.2, -0.15) is 0 Å². The summed E-state index contributed by atoms with van der Waals surface area (Å²) in [4.78, 5) is 141. The third-order valence-electron chi connectivity index (χ3n) is 10.4. The van der Waals surface area contributed by atoms with Crippen molar-refractivity contribution in [3.05, 3.63) is 35.9 Å². The van der Waals surface area contributed by atoms with Crippen LogP contribution in [0.25, 0.3) is 0 Å². The van der Waals surface area contributed by atoms with Gasteiger partial charge >= 0.3 is 23.9 Å². The number of amides is 7. The number of guanidine groups is 1. The van der Waals surface area contributed by atoms with E-state index in [-0.39, 0.29) is 50.5 Å². The zero-order chi connectivity index (χ0) is 53.2. The molecule has 1 aromatic rings. The van der Waals surface area contributed by atoms with Crippen molar-refractivity contribution in [1.29, 1.82) is 5.41 Å². The Hall–Kier alpha value is -7.38. The van der Waals surface area contributed by atoms with Crippen LogP contribution in [0, 0.1) is 17.2 Å². The first-order valence-electron chi connectivity index (χ1n) is 22.6. The molecule has 7 amide bonds. The van der Waals surface area contributed by atoms with Crippen molar-refractivity contribution in [2.45, 2.75) is 147 Å². The van der Waals surface area contributed by atoms with Crippen molar-refractivity contribution >= 4 is 71.2 Å². The highest BCUT2D eigenvalue weighted by atomic mass is 16.4. The number of carboxylic acid groups (broad SMARTS) is 4. The number of aliphatic carboxylic acids is 4. The molecule has 0 aliphatic rings. The topological polar surface area (TPSA) is 441 Å². The highest BCUT2D eigenvalue weighted by Gasteiger charge is 2.35. The summed E-state index contributed by atoms with van der Waals surface area (Å²) in [5.74, 6) is -13.2. The van der Waals surface area contributed by atoms with Gasteiger partial charge in [-0.1, -0.05) is 58.0 Å². The number of hydrogen-bond acceptors (Lipinski definition) is 13. The first-order chi connectivity index (χ1) is 32.7. The maximum Gasteiger partial charge on any atom is 0.326 e. The van der Waals surface area contributed by atoms with Crippen LogP contribution in [0.4, 0.5) is 0 Å². The molecule has 0 aliphatic carbocycles. The molecule has 8 atom stereocenters. The van der Waals surface area contributed by atoms with E-state index in [9.17, 15) is 68.1 Å². The highest BCUT2D eigenvalue weighted by Crippen LogP contribution is 2.12. The Kier molecular flexibility index (Phi) is 26.8. The summed E-state index contributed by atoms with van der Waals surface area (Å²) in [7, 11) is 0. The molecule has 17 N–H and O–H groups in total. The van der Waals surface area contributed by atoms with Gasteiger partial charge in [0.15, 0.2) is 5.96 Å². The molecule has 0 saturated carbocycles. The summed E-state index contributed by atoms with van der Waals surface area (Å²) >= 11 is 0. The van der Waals surface area contributed by atoms with Gasteiger partial charge in [0.1, 0.15) is 42.3 Å². The number of carbonyl (C=O) groups excluding carboxylic acids is 7. The molecule has 0 heterocycles. The maximum atomic E-state index is 14.0. The van der Waals surface area contributed by atoms with Gasteiger partial charge in [0.05, 0.1) is 6.04 Å². The lowest BCUT2D eigenvalue weighted by molar-refractivity contribution is -0.142. The van der Waals surface area contributed by atoms with Crippen LogP contribution in [0.15, 0.2) is 30.3 Å². The molecule has 0 radical (unpaired) electrons. The predicted octanol–water partition coefficient (Wildman–Crippen LogP) is -2.39. The summed E-state index contributed by atoms with van der Waals surface area (Å²) in [6.45, 7) is 7.98. The van der Waals surface area contributed by atoms with Crippen LogP contribution in [-0.2, 0) is 59.2 Å². The van der Waals surface area contributed by atoms with Crippen molar-refractivity contribution in [3.63, 3.8) is 0 Å². The number of hydrogen-bond donors (Lipinski definition) is 15. The van der Waals surface area contributed by atoms with E-state index in [1.165, 1.54) is 6.92 Å². The highest BCUT2D eigenvalue weighted by molar-refractivity contribution is 5.98. The van der Waals surface area contributed by atoms with Crippen LogP contribution < -0.4 is 54.0 Å². The van der Waals surface area contributed by atoms with Crippen LogP contribution in [0.2, 0.25) is 0 Å². The monoisotopic (exact) mass is 991 g/mol. The fourth-order valence-electron chi connectivity index (χ4n) is 6.58. The Morgan fingerprint density at radius 2 is 0.986 bits per heavy atom. The Bertz CT molecular complexity index is 2000. The van der Waals surface area contributed by atoms with Crippen LogP contribution in [-0.4, -0.2) is 146 Å². The SMILES string of the molecule is CC(C)C[C@H](NC(=O)[C@H](CCCNC(=N)N)NC(=O)[C@@H](NC(=O)[C@H](C)NC(=O)[C@H](CCC(=O)O)NC(=O)[C@H](CCC(=O)O)NC(=O)[C@@H](N)CCC(=O)O)C(C)C)C(=O)N[C@@H](Cc1ccccc1)C(=O)O. The third-order valence-corrected chi connectivity index (χ3v) is 10.4. The van der Waals surface area contributed by atoms with Crippen LogP contribution in [0.3, 0.4) is 0 Å². The van der Waals surface area contributed by atoms with E-state index < -0.39 is 152 Å². The molecule has 26 heteroatoms. The average Bonchev–Trinajstić information content (AvgIpc) is 3.27. The van der Waals surface area contributed by atoms with Crippen molar-refractivity contribution < 1.29 is 73.2 Å². The molecule has 0 saturated heterocycles. The van der Waals surface area contributed by atoms with Crippen molar-refractivity contribution in [3.8, 4) is 0 Å². The lowest BCUT2D eigenvalue weighted by Gasteiger charge is -2.28. The second-order valence-corrected chi connectivity index (χ2v) is 17.3. The van der Waals surface area contributed by atoms with Crippen molar-refractivity contribution in [1.82, 2.24) is 42.5 Å².